The number of nitrogens with zero attached hydrogens (tertiary/aromatic N) is 2. The zero-order valence-corrected chi connectivity index (χ0v) is 9.46. The molecular formula is C10H7ClF2N2O2. The maximum atomic E-state index is 12.8. The van der Waals surface area contributed by atoms with E-state index in [9.17, 15) is 13.6 Å². The van der Waals surface area contributed by atoms with Gasteiger partial charge in [0.1, 0.15) is 11.8 Å². The van der Waals surface area contributed by atoms with E-state index in [1.165, 1.54) is 0 Å². The molecule has 0 bridgehead atoms. The lowest BCUT2D eigenvalue weighted by Crippen LogP contribution is -2.12. The topological polar surface area (TPSA) is 63.0 Å². The number of rotatable bonds is 3. The summed E-state index contributed by atoms with van der Waals surface area (Å²) in [5, 5.41) is 8.67. The number of pyridine rings is 1. The molecule has 4 nitrogen and oxygen atoms in total. The van der Waals surface area contributed by atoms with Gasteiger partial charge in [0.2, 0.25) is 0 Å². The zero-order valence-electron chi connectivity index (χ0n) is 8.71. The summed E-state index contributed by atoms with van der Waals surface area (Å²) in [5.74, 6) is -1.27. The van der Waals surface area contributed by atoms with E-state index in [1.54, 1.807) is 6.07 Å². The first-order valence-electron chi connectivity index (χ1n) is 4.41. The molecule has 0 radical (unpaired) electrons. The highest BCUT2D eigenvalue weighted by atomic mass is 35.5. The van der Waals surface area contributed by atoms with Crippen LogP contribution in [0.1, 0.15) is 33.7 Å². The molecule has 0 atom stereocenters. The van der Waals surface area contributed by atoms with Crippen LogP contribution in [-0.2, 0) is 10.6 Å². The first kappa shape index (κ1) is 13.3. The number of nitriles is 1. The average molecular weight is 261 g/mol. The van der Waals surface area contributed by atoms with Crippen LogP contribution in [0, 0.1) is 11.3 Å². The molecule has 0 aliphatic heterocycles. The van der Waals surface area contributed by atoms with Gasteiger partial charge in [-0.25, -0.2) is 18.6 Å². The van der Waals surface area contributed by atoms with Gasteiger partial charge in [-0.15, -0.1) is 11.6 Å². The number of halogens is 3. The summed E-state index contributed by atoms with van der Waals surface area (Å²) in [6, 6.07) is 2.79. The summed E-state index contributed by atoms with van der Waals surface area (Å²) < 4.78 is 30.0. The second-order valence-electron chi connectivity index (χ2n) is 2.97. The standard InChI is InChI=1S/C10H7ClF2N2O2/c1-17-10(16)8-7(9(12)13)5(3-11)2-6(4-14)15-8/h2,9H,3H2,1H3. The fourth-order valence-corrected chi connectivity index (χ4v) is 1.49. The molecule has 0 spiro atoms. The molecule has 1 rings (SSSR count). The minimum absolute atomic E-state index is 0.00591. The number of esters is 1. The SMILES string of the molecule is COC(=O)c1nc(C#N)cc(CCl)c1C(F)F. The van der Waals surface area contributed by atoms with Gasteiger partial charge in [-0.3, -0.25) is 0 Å². The van der Waals surface area contributed by atoms with Crippen LogP contribution < -0.4 is 0 Å². The average Bonchev–Trinajstić information content (AvgIpc) is 2.35. The van der Waals surface area contributed by atoms with Crippen molar-refractivity contribution in [2.45, 2.75) is 12.3 Å². The third-order valence-electron chi connectivity index (χ3n) is 2.00. The maximum absolute atomic E-state index is 12.8. The molecule has 90 valence electrons. The predicted molar refractivity (Wildman–Crippen MR) is 54.8 cm³/mol. The van der Waals surface area contributed by atoms with E-state index < -0.39 is 23.7 Å². The Bertz CT molecular complexity index is 486. The molecular weight excluding hydrogens is 254 g/mol. The molecule has 1 heterocycles. The van der Waals surface area contributed by atoms with Crippen molar-refractivity contribution < 1.29 is 18.3 Å². The third-order valence-corrected chi connectivity index (χ3v) is 2.29. The van der Waals surface area contributed by atoms with Gasteiger partial charge in [-0.1, -0.05) is 0 Å². The lowest BCUT2D eigenvalue weighted by atomic mass is 10.1. The second kappa shape index (κ2) is 5.55. The number of ether oxygens (including phenoxy) is 1. The van der Waals surface area contributed by atoms with Gasteiger partial charge in [-0.05, 0) is 11.6 Å². The number of methoxy groups -OCH3 is 1. The predicted octanol–water partition coefficient (Wildman–Crippen LogP) is 2.42. The van der Waals surface area contributed by atoms with Crippen LogP contribution >= 0.6 is 11.6 Å². The minimum atomic E-state index is -2.92. The van der Waals surface area contributed by atoms with E-state index in [0.717, 1.165) is 13.2 Å². The van der Waals surface area contributed by atoms with Crippen molar-refractivity contribution in [3.8, 4) is 6.07 Å². The van der Waals surface area contributed by atoms with Gasteiger partial charge < -0.3 is 4.74 Å². The van der Waals surface area contributed by atoms with Crippen LogP contribution in [0.2, 0.25) is 0 Å². The summed E-state index contributed by atoms with van der Waals surface area (Å²) >= 11 is 5.50. The van der Waals surface area contributed by atoms with Crippen molar-refractivity contribution in [3.63, 3.8) is 0 Å². The van der Waals surface area contributed by atoms with E-state index in [2.05, 4.69) is 9.72 Å². The second-order valence-corrected chi connectivity index (χ2v) is 3.23. The summed E-state index contributed by atoms with van der Waals surface area (Å²) in [4.78, 5) is 14.8. The van der Waals surface area contributed by atoms with Crippen LogP contribution in [-0.4, -0.2) is 18.1 Å². The first-order valence-corrected chi connectivity index (χ1v) is 4.95. The Balaban J connectivity index is 3.53. The Morgan fingerprint density at radius 3 is 2.76 bits per heavy atom. The third kappa shape index (κ3) is 2.68. The van der Waals surface area contributed by atoms with Gasteiger partial charge in [0.15, 0.2) is 5.69 Å². The molecule has 0 aromatic carbocycles. The number of hydrogen-bond acceptors (Lipinski definition) is 4. The van der Waals surface area contributed by atoms with Gasteiger partial charge in [0.25, 0.3) is 6.43 Å². The van der Waals surface area contributed by atoms with Gasteiger partial charge in [-0.2, -0.15) is 5.26 Å². The van der Waals surface area contributed by atoms with Crippen molar-refractivity contribution >= 4 is 17.6 Å². The summed E-state index contributed by atoms with van der Waals surface area (Å²) in [6.07, 6.45) is -2.92. The quantitative estimate of drug-likeness (QED) is 0.618. The molecule has 0 saturated carbocycles. The van der Waals surface area contributed by atoms with Gasteiger partial charge in [0.05, 0.1) is 12.7 Å². The Morgan fingerprint density at radius 1 is 1.71 bits per heavy atom. The Labute approximate surface area is 101 Å². The van der Waals surface area contributed by atoms with Crippen molar-refractivity contribution in [1.82, 2.24) is 4.98 Å². The van der Waals surface area contributed by atoms with Gasteiger partial charge >= 0.3 is 5.97 Å². The smallest absolute Gasteiger partial charge is 0.357 e. The molecule has 17 heavy (non-hydrogen) atoms. The van der Waals surface area contributed by atoms with E-state index in [-0.39, 0.29) is 17.1 Å². The van der Waals surface area contributed by atoms with Crippen LogP contribution in [0.3, 0.4) is 0 Å². The van der Waals surface area contributed by atoms with E-state index in [1.807, 2.05) is 0 Å². The Kier molecular flexibility index (Phi) is 4.35. The lowest BCUT2D eigenvalue weighted by Gasteiger charge is -2.10. The van der Waals surface area contributed by atoms with Gasteiger partial charge in [0, 0.05) is 5.88 Å². The van der Waals surface area contributed by atoms with Crippen molar-refractivity contribution in [2.24, 2.45) is 0 Å². The molecule has 0 saturated heterocycles. The van der Waals surface area contributed by atoms with Crippen molar-refractivity contribution in [3.05, 3.63) is 28.6 Å². The molecule has 1 aromatic rings. The highest BCUT2D eigenvalue weighted by Gasteiger charge is 2.25. The van der Waals surface area contributed by atoms with E-state index >= 15 is 0 Å². The molecule has 0 N–H and O–H groups in total. The molecule has 0 aliphatic carbocycles. The summed E-state index contributed by atoms with van der Waals surface area (Å²) in [6.45, 7) is 0. The van der Waals surface area contributed by atoms with Crippen LogP contribution in [0.5, 0.6) is 0 Å². The van der Waals surface area contributed by atoms with Crippen LogP contribution in [0.25, 0.3) is 0 Å². The number of hydrogen-bond donors (Lipinski definition) is 0. The monoisotopic (exact) mass is 260 g/mol. The largest absolute Gasteiger partial charge is 0.464 e. The molecule has 0 unspecified atom stereocenters. The lowest BCUT2D eigenvalue weighted by molar-refractivity contribution is 0.0581. The zero-order chi connectivity index (χ0) is 13.0. The van der Waals surface area contributed by atoms with Crippen LogP contribution in [0.4, 0.5) is 8.78 Å². The fourth-order valence-electron chi connectivity index (χ4n) is 1.27. The minimum Gasteiger partial charge on any atom is -0.464 e. The Hall–Kier alpha value is -1.74. The number of aromatic nitrogens is 1. The number of carbonyl (C=O) groups is 1. The molecule has 1 aromatic heterocycles. The molecule has 0 amide bonds. The molecule has 0 aliphatic rings. The summed E-state index contributed by atoms with van der Waals surface area (Å²) in [7, 11) is 1.04. The maximum Gasteiger partial charge on any atom is 0.357 e. The highest BCUT2D eigenvalue weighted by molar-refractivity contribution is 6.17. The summed E-state index contributed by atoms with van der Waals surface area (Å²) in [5.41, 5.74) is -1.33. The van der Waals surface area contributed by atoms with E-state index in [0.29, 0.717) is 0 Å². The van der Waals surface area contributed by atoms with Crippen LogP contribution in [0.15, 0.2) is 6.07 Å². The highest BCUT2D eigenvalue weighted by Crippen LogP contribution is 2.28. The van der Waals surface area contributed by atoms with E-state index in [4.69, 9.17) is 16.9 Å². The normalized spacial score (nSPS) is 10.1. The van der Waals surface area contributed by atoms with Crippen molar-refractivity contribution in [2.75, 3.05) is 7.11 Å². The molecule has 0 fully saturated rings. The first-order chi connectivity index (χ1) is 8.04. The Morgan fingerprint density at radius 2 is 2.35 bits per heavy atom. The number of alkyl halides is 3. The fraction of sp³-hybridized carbons (Fsp3) is 0.300. The number of carbonyl (C=O) groups excluding carboxylic acids is 1. The molecule has 7 heteroatoms. The van der Waals surface area contributed by atoms with Crippen molar-refractivity contribution in [1.29, 1.82) is 5.26 Å².